The molecule has 0 saturated heterocycles. The van der Waals surface area contributed by atoms with Crippen molar-refractivity contribution in [1.82, 2.24) is 4.90 Å². The van der Waals surface area contributed by atoms with E-state index in [2.05, 4.69) is 67.3 Å². The molecule has 112 valence electrons. The Hall–Kier alpha value is -1.80. The molecule has 2 heteroatoms. The topological polar surface area (TPSA) is 12.5 Å². The average Bonchev–Trinajstić information content (AvgIpc) is 2.56. The van der Waals surface area contributed by atoms with Crippen LogP contribution < -0.4 is 4.74 Å². The molecule has 0 bridgehead atoms. The van der Waals surface area contributed by atoms with Gasteiger partial charge < -0.3 is 9.64 Å². The smallest absolute Gasteiger partial charge is 0.119 e. The molecular formula is C19H25NO. The molecule has 0 aromatic heterocycles. The zero-order valence-corrected chi connectivity index (χ0v) is 13.3. The molecule has 2 rings (SSSR count). The zero-order chi connectivity index (χ0) is 15.1. The van der Waals surface area contributed by atoms with Crippen LogP contribution in [0.2, 0.25) is 0 Å². The van der Waals surface area contributed by atoms with E-state index in [4.69, 9.17) is 4.74 Å². The Kier molecular flexibility index (Phi) is 5.82. The number of methoxy groups -OCH3 is 1. The second-order valence-corrected chi connectivity index (χ2v) is 5.17. The Balaban J connectivity index is 2.28. The molecule has 0 aliphatic heterocycles. The zero-order valence-electron chi connectivity index (χ0n) is 13.3. The van der Waals surface area contributed by atoms with Crippen LogP contribution in [0, 0.1) is 0 Å². The van der Waals surface area contributed by atoms with Crippen LogP contribution in [0.1, 0.15) is 19.4 Å². The molecule has 0 atom stereocenters. The normalized spacial score (nSPS) is 10.9. The van der Waals surface area contributed by atoms with Crippen LogP contribution in [0.5, 0.6) is 5.75 Å². The van der Waals surface area contributed by atoms with E-state index in [1.54, 1.807) is 7.11 Å². The molecule has 21 heavy (non-hydrogen) atoms. The maximum atomic E-state index is 5.39. The van der Waals surface area contributed by atoms with E-state index in [9.17, 15) is 0 Å². The number of nitrogens with zero attached hydrogens (tertiary/aromatic N) is 1. The van der Waals surface area contributed by atoms with Gasteiger partial charge in [-0.3, -0.25) is 0 Å². The fourth-order valence-electron chi connectivity index (χ4n) is 2.61. The van der Waals surface area contributed by atoms with Crippen molar-refractivity contribution < 1.29 is 4.74 Å². The molecule has 2 aromatic carbocycles. The Labute approximate surface area is 128 Å². The highest BCUT2D eigenvalue weighted by molar-refractivity contribution is 5.69. The second-order valence-electron chi connectivity index (χ2n) is 5.17. The van der Waals surface area contributed by atoms with E-state index in [1.165, 1.54) is 16.7 Å². The molecule has 2 aromatic rings. The SMILES string of the molecule is CCN(CC)CCc1ccc(OC)cc1-c1ccccc1. The average molecular weight is 283 g/mol. The largest absolute Gasteiger partial charge is 0.497 e. The first-order valence-electron chi connectivity index (χ1n) is 7.73. The van der Waals surface area contributed by atoms with Crippen LogP contribution in [-0.2, 0) is 6.42 Å². The first kappa shape index (κ1) is 15.6. The summed E-state index contributed by atoms with van der Waals surface area (Å²) in [5.41, 5.74) is 3.92. The monoisotopic (exact) mass is 283 g/mol. The van der Waals surface area contributed by atoms with Gasteiger partial charge in [0.1, 0.15) is 5.75 Å². The minimum Gasteiger partial charge on any atom is -0.497 e. The van der Waals surface area contributed by atoms with Gasteiger partial charge in [-0.2, -0.15) is 0 Å². The van der Waals surface area contributed by atoms with Gasteiger partial charge in [0.2, 0.25) is 0 Å². The molecule has 0 saturated carbocycles. The minimum absolute atomic E-state index is 0.917. The van der Waals surface area contributed by atoms with Gasteiger partial charge >= 0.3 is 0 Å². The van der Waals surface area contributed by atoms with Crippen LogP contribution in [0.4, 0.5) is 0 Å². The summed E-state index contributed by atoms with van der Waals surface area (Å²) in [6.45, 7) is 7.74. The number of hydrogen-bond donors (Lipinski definition) is 0. The van der Waals surface area contributed by atoms with E-state index >= 15 is 0 Å². The predicted octanol–water partition coefficient (Wildman–Crippen LogP) is 4.25. The lowest BCUT2D eigenvalue weighted by molar-refractivity contribution is 0.308. The van der Waals surface area contributed by atoms with E-state index in [0.29, 0.717) is 0 Å². The first-order valence-corrected chi connectivity index (χ1v) is 7.73. The quantitative estimate of drug-likeness (QED) is 0.753. The van der Waals surface area contributed by atoms with Crippen LogP contribution in [0.3, 0.4) is 0 Å². The Morgan fingerprint density at radius 2 is 1.67 bits per heavy atom. The maximum absolute atomic E-state index is 5.39. The highest BCUT2D eigenvalue weighted by atomic mass is 16.5. The van der Waals surface area contributed by atoms with Crippen LogP contribution in [-0.4, -0.2) is 31.6 Å². The molecule has 0 heterocycles. The van der Waals surface area contributed by atoms with Gasteiger partial charge in [0.15, 0.2) is 0 Å². The molecule has 0 spiro atoms. The van der Waals surface area contributed by atoms with Gasteiger partial charge in [0.25, 0.3) is 0 Å². The predicted molar refractivity (Wildman–Crippen MR) is 89.9 cm³/mol. The third-order valence-corrected chi connectivity index (χ3v) is 3.99. The third kappa shape index (κ3) is 4.08. The summed E-state index contributed by atoms with van der Waals surface area (Å²) in [5.74, 6) is 0.917. The fraction of sp³-hybridized carbons (Fsp3) is 0.368. The van der Waals surface area contributed by atoms with Crippen molar-refractivity contribution in [3.05, 3.63) is 54.1 Å². The summed E-state index contributed by atoms with van der Waals surface area (Å²) in [6.07, 6.45) is 1.07. The van der Waals surface area contributed by atoms with Crippen molar-refractivity contribution in [2.45, 2.75) is 20.3 Å². The van der Waals surface area contributed by atoms with Crippen LogP contribution in [0.15, 0.2) is 48.5 Å². The van der Waals surface area contributed by atoms with E-state index in [-0.39, 0.29) is 0 Å². The lowest BCUT2D eigenvalue weighted by atomic mass is 9.97. The van der Waals surface area contributed by atoms with Gasteiger partial charge in [-0.25, -0.2) is 0 Å². The Morgan fingerprint density at radius 1 is 0.952 bits per heavy atom. The Bertz CT molecular complexity index is 547. The number of rotatable bonds is 7. The summed E-state index contributed by atoms with van der Waals surface area (Å²) in [5, 5.41) is 0. The molecule has 0 N–H and O–H groups in total. The standard InChI is InChI=1S/C19H25NO/c1-4-20(5-2)14-13-17-11-12-18(21-3)15-19(17)16-9-7-6-8-10-16/h6-12,15H,4-5,13-14H2,1-3H3. The highest BCUT2D eigenvalue weighted by Crippen LogP contribution is 2.28. The van der Waals surface area contributed by atoms with Crippen LogP contribution in [0.25, 0.3) is 11.1 Å². The molecule has 0 aliphatic rings. The Morgan fingerprint density at radius 3 is 2.29 bits per heavy atom. The summed E-state index contributed by atoms with van der Waals surface area (Å²) < 4.78 is 5.39. The molecule has 2 nitrogen and oxygen atoms in total. The molecule has 0 unspecified atom stereocenters. The number of benzene rings is 2. The number of likely N-dealkylation sites (N-methyl/N-ethyl adjacent to an activating group) is 1. The van der Waals surface area contributed by atoms with Crippen LogP contribution >= 0.6 is 0 Å². The number of hydrogen-bond acceptors (Lipinski definition) is 2. The van der Waals surface area contributed by atoms with Crippen molar-refractivity contribution in [1.29, 1.82) is 0 Å². The van der Waals surface area contributed by atoms with E-state index in [1.807, 2.05) is 0 Å². The molecule has 0 aliphatic carbocycles. The van der Waals surface area contributed by atoms with Crippen molar-refractivity contribution in [3.63, 3.8) is 0 Å². The molecule has 0 radical (unpaired) electrons. The van der Waals surface area contributed by atoms with Crippen molar-refractivity contribution >= 4 is 0 Å². The lowest BCUT2D eigenvalue weighted by Crippen LogP contribution is -2.25. The maximum Gasteiger partial charge on any atom is 0.119 e. The van der Waals surface area contributed by atoms with Crippen molar-refractivity contribution in [2.75, 3.05) is 26.7 Å². The number of ether oxygens (including phenoxy) is 1. The van der Waals surface area contributed by atoms with E-state index in [0.717, 1.165) is 31.8 Å². The third-order valence-electron chi connectivity index (χ3n) is 3.99. The van der Waals surface area contributed by atoms with Crippen molar-refractivity contribution in [2.24, 2.45) is 0 Å². The fourth-order valence-corrected chi connectivity index (χ4v) is 2.61. The summed E-state index contributed by atoms with van der Waals surface area (Å²) in [4.78, 5) is 2.46. The summed E-state index contributed by atoms with van der Waals surface area (Å²) >= 11 is 0. The highest BCUT2D eigenvalue weighted by Gasteiger charge is 2.08. The van der Waals surface area contributed by atoms with Gasteiger partial charge in [0, 0.05) is 6.54 Å². The van der Waals surface area contributed by atoms with E-state index < -0.39 is 0 Å². The van der Waals surface area contributed by atoms with Crippen molar-refractivity contribution in [3.8, 4) is 16.9 Å². The molecule has 0 fully saturated rings. The van der Waals surface area contributed by atoms with Gasteiger partial charge in [-0.15, -0.1) is 0 Å². The second kappa shape index (κ2) is 7.84. The lowest BCUT2D eigenvalue weighted by Gasteiger charge is -2.19. The summed E-state index contributed by atoms with van der Waals surface area (Å²) in [7, 11) is 1.72. The minimum atomic E-state index is 0.917. The molecular weight excluding hydrogens is 258 g/mol. The summed E-state index contributed by atoms with van der Waals surface area (Å²) in [6, 6.07) is 17.0. The van der Waals surface area contributed by atoms with Gasteiger partial charge in [-0.05, 0) is 48.3 Å². The first-order chi connectivity index (χ1) is 10.3. The molecule has 0 amide bonds. The van der Waals surface area contributed by atoms with Gasteiger partial charge in [0.05, 0.1) is 7.11 Å². The van der Waals surface area contributed by atoms with Gasteiger partial charge in [-0.1, -0.05) is 50.2 Å².